The molecule has 0 saturated heterocycles. The van der Waals surface area contributed by atoms with Gasteiger partial charge in [0, 0.05) is 31.8 Å². The van der Waals surface area contributed by atoms with E-state index < -0.39 is 14.9 Å². The highest BCUT2D eigenvalue weighted by molar-refractivity contribution is 7.89. The molecule has 0 fully saturated rings. The van der Waals surface area contributed by atoms with Gasteiger partial charge in [-0.05, 0) is 36.8 Å². The first kappa shape index (κ1) is 19.8. The van der Waals surface area contributed by atoms with Gasteiger partial charge in [-0.2, -0.15) is 0 Å². The Hall–Kier alpha value is -2.49. The van der Waals surface area contributed by atoms with Crippen molar-refractivity contribution in [2.45, 2.75) is 18.4 Å². The van der Waals surface area contributed by atoms with Crippen LogP contribution in [0, 0.1) is 10.1 Å². The van der Waals surface area contributed by atoms with E-state index in [-0.39, 0.29) is 17.1 Å². The summed E-state index contributed by atoms with van der Waals surface area (Å²) in [6.07, 6.45) is 0. The number of hydrogen-bond donors (Lipinski definition) is 2. The van der Waals surface area contributed by atoms with E-state index in [2.05, 4.69) is 10.0 Å². The Morgan fingerprint density at radius 2 is 1.69 bits per heavy atom. The molecule has 0 aliphatic heterocycles. The molecule has 0 aliphatic rings. The second kappa shape index (κ2) is 9.27. The zero-order valence-electron chi connectivity index (χ0n) is 14.3. The van der Waals surface area contributed by atoms with Crippen molar-refractivity contribution in [2.24, 2.45) is 0 Å². The summed E-state index contributed by atoms with van der Waals surface area (Å²) < 4.78 is 32.1. The van der Waals surface area contributed by atoms with Gasteiger partial charge in [0.05, 0.1) is 16.4 Å². The summed E-state index contributed by atoms with van der Waals surface area (Å²) in [5, 5.41) is 13.7. The van der Waals surface area contributed by atoms with Gasteiger partial charge in [-0.3, -0.25) is 10.1 Å². The van der Waals surface area contributed by atoms with Crippen LogP contribution in [0.3, 0.4) is 0 Å². The van der Waals surface area contributed by atoms with E-state index in [1.165, 1.54) is 24.3 Å². The number of nitrogens with zero attached hydrogens (tertiary/aromatic N) is 1. The van der Waals surface area contributed by atoms with Crippen LogP contribution >= 0.6 is 0 Å². The summed E-state index contributed by atoms with van der Waals surface area (Å²) >= 11 is 0. The Morgan fingerprint density at radius 1 is 1.04 bits per heavy atom. The van der Waals surface area contributed by atoms with Crippen LogP contribution in [0.1, 0.15) is 12.5 Å². The molecular weight excluding hydrogens is 358 g/mol. The molecule has 0 amide bonds. The molecule has 0 spiro atoms. The number of hydrogen-bond acceptors (Lipinski definition) is 6. The van der Waals surface area contributed by atoms with E-state index in [1.807, 2.05) is 31.2 Å². The molecule has 2 aromatic rings. The molecule has 2 aromatic carbocycles. The van der Waals surface area contributed by atoms with Crippen LogP contribution in [0.25, 0.3) is 0 Å². The van der Waals surface area contributed by atoms with Crippen molar-refractivity contribution < 1.29 is 18.1 Å². The number of ether oxygens (including phenoxy) is 1. The number of sulfonamides is 1. The Kier molecular flexibility index (Phi) is 7.07. The molecule has 140 valence electrons. The summed E-state index contributed by atoms with van der Waals surface area (Å²) in [5.41, 5.74) is 0.910. The maximum absolute atomic E-state index is 12.1. The van der Waals surface area contributed by atoms with Crippen LogP contribution in [0.4, 0.5) is 5.69 Å². The summed E-state index contributed by atoms with van der Waals surface area (Å²) in [5.74, 6) is 0.812. The molecule has 0 aromatic heterocycles. The second-order valence-corrected chi connectivity index (χ2v) is 7.17. The first-order chi connectivity index (χ1) is 12.4. The summed E-state index contributed by atoms with van der Waals surface area (Å²) in [4.78, 5) is 10.0. The number of benzene rings is 2. The van der Waals surface area contributed by atoms with E-state index >= 15 is 0 Å². The largest absolute Gasteiger partial charge is 0.494 e. The van der Waals surface area contributed by atoms with E-state index in [9.17, 15) is 18.5 Å². The lowest BCUT2D eigenvalue weighted by atomic mass is 10.2. The minimum absolute atomic E-state index is 0.00499. The fraction of sp³-hybridized carbons (Fsp3) is 0.294. The van der Waals surface area contributed by atoms with Crippen molar-refractivity contribution in [3.8, 4) is 5.75 Å². The Labute approximate surface area is 152 Å². The Balaban J connectivity index is 1.76. The van der Waals surface area contributed by atoms with Crippen LogP contribution in [-0.2, 0) is 16.6 Å². The van der Waals surface area contributed by atoms with Crippen LogP contribution < -0.4 is 14.8 Å². The molecule has 8 nitrogen and oxygen atoms in total. The number of nitro benzene ring substituents is 1. The van der Waals surface area contributed by atoms with Crippen molar-refractivity contribution in [3.05, 3.63) is 64.2 Å². The maximum atomic E-state index is 12.1. The lowest BCUT2D eigenvalue weighted by molar-refractivity contribution is -0.384. The molecule has 26 heavy (non-hydrogen) atoms. The fourth-order valence-corrected chi connectivity index (χ4v) is 3.24. The molecule has 0 radical (unpaired) electrons. The molecule has 0 aliphatic carbocycles. The van der Waals surface area contributed by atoms with Gasteiger partial charge in [-0.25, -0.2) is 13.1 Å². The highest BCUT2D eigenvalue weighted by Gasteiger charge is 2.15. The van der Waals surface area contributed by atoms with Crippen molar-refractivity contribution in [3.63, 3.8) is 0 Å². The molecule has 0 unspecified atom stereocenters. The zero-order chi connectivity index (χ0) is 19.0. The summed E-state index contributed by atoms with van der Waals surface area (Å²) in [6, 6.07) is 12.4. The van der Waals surface area contributed by atoms with Crippen molar-refractivity contribution >= 4 is 15.7 Å². The quantitative estimate of drug-likeness (QED) is 0.371. The second-order valence-electron chi connectivity index (χ2n) is 5.40. The third kappa shape index (κ3) is 5.80. The predicted molar refractivity (Wildman–Crippen MR) is 97.6 cm³/mol. The maximum Gasteiger partial charge on any atom is 0.269 e. The molecule has 0 bridgehead atoms. The smallest absolute Gasteiger partial charge is 0.269 e. The van der Waals surface area contributed by atoms with Gasteiger partial charge in [0.2, 0.25) is 10.0 Å². The first-order valence-electron chi connectivity index (χ1n) is 8.09. The summed E-state index contributed by atoms with van der Waals surface area (Å²) in [7, 11) is -3.69. The first-order valence-corrected chi connectivity index (χ1v) is 9.57. The van der Waals surface area contributed by atoms with Gasteiger partial charge in [-0.15, -0.1) is 0 Å². The van der Waals surface area contributed by atoms with Crippen LogP contribution in [0.15, 0.2) is 53.4 Å². The minimum atomic E-state index is -3.69. The standard InChI is InChI=1S/C17H21N3O5S/c1-2-25-16-7-3-14(4-8-16)13-18-11-12-19-26(23,24)17-9-5-15(6-10-17)20(21)22/h3-10,18-19H,2,11-13H2,1H3. The van der Waals surface area contributed by atoms with Gasteiger partial charge in [0.15, 0.2) is 0 Å². The Bertz CT molecular complexity index is 820. The third-order valence-corrected chi connectivity index (χ3v) is 4.99. The minimum Gasteiger partial charge on any atom is -0.494 e. The van der Waals surface area contributed by atoms with Gasteiger partial charge >= 0.3 is 0 Å². The van der Waals surface area contributed by atoms with Gasteiger partial charge < -0.3 is 10.1 Å². The van der Waals surface area contributed by atoms with Gasteiger partial charge in [0.1, 0.15) is 5.75 Å². The SMILES string of the molecule is CCOc1ccc(CNCCNS(=O)(=O)c2ccc([N+](=O)[O-])cc2)cc1. The monoisotopic (exact) mass is 379 g/mol. The van der Waals surface area contributed by atoms with E-state index in [0.29, 0.717) is 19.7 Å². The van der Waals surface area contributed by atoms with Crippen molar-refractivity contribution in [2.75, 3.05) is 19.7 Å². The molecule has 0 atom stereocenters. The van der Waals surface area contributed by atoms with Crippen molar-refractivity contribution in [1.29, 1.82) is 0 Å². The summed E-state index contributed by atoms with van der Waals surface area (Å²) in [6.45, 7) is 3.79. The van der Waals surface area contributed by atoms with E-state index in [1.54, 1.807) is 0 Å². The lowest BCUT2D eigenvalue weighted by Gasteiger charge is -2.09. The number of nitrogens with one attached hydrogen (secondary N) is 2. The van der Waals surface area contributed by atoms with E-state index in [4.69, 9.17) is 4.74 Å². The van der Waals surface area contributed by atoms with Crippen LogP contribution in [0.5, 0.6) is 5.75 Å². The van der Waals surface area contributed by atoms with Gasteiger partial charge in [0.25, 0.3) is 5.69 Å². The molecule has 2 rings (SSSR count). The average molecular weight is 379 g/mol. The fourth-order valence-electron chi connectivity index (χ4n) is 2.21. The molecule has 9 heteroatoms. The number of rotatable bonds is 10. The zero-order valence-corrected chi connectivity index (χ0v) is 15.2. The predicted octanol–water partition coefficient (Wildman–Crippen LogP) is 2.06. The lowest BCUT2D eigenvalue weighted by Crippen LogP contribution is -2.31. The molecule has 0 heterocycles. The number of non-ortho nitro benzene ring substituents is 1. The topological polar surface area (TPSA) is 111 Å². The van der Waals surface area contributed by atoms with Gasteiger partial charge in [-0.1, -0.05) is 12.1 Å². The average Bonchev–Trinajstić information content (AvgIpc) is 2.63. The van der Waals surface area contributed by atoms with Crippen LogP contribution in [-0.4, -0.2) is 33.0 Å². The highest BCUT2D eigenvalue weighted by atomic mass is 32.2. The van der Waals surface area contributed by atoms with E-state index in [0.717, 1.165) is 11.3 Å². The highest BCUT2D eigenvalue weighted by Crippen LogP contribution is 2.15. The van der Waals surface area contributed by atoms with Crippen molar-refractivity contribution in [1.82, 2.24) is 10.0 Å². The molecular formula is C17H21N3O5S. The Morgan fingerprint density at radius 3 is 2.27 bits per heavy atom. The van der Waals surface area contributed by atoms with Crippen LogP contribution in [0.2, 0.25) is 0 Å². The number of nitro groups is 1. The third-order valence-electron chi connectivity index (χ3n) is 3.52. The molecule has 2 N–H and O–H groups in total. The normalized spacial score (nSPS) is 11.3. The molecule has 0 saturated carbocycles.